The maximum absolute atomic E-state index is 10.7. The minimum absolute atomic E-state index is 0.417. The summed E-state index contributed by atoms with van der Waals surface area (Å²) in [6.07, 6.45) is 1.66. The lowest BCUT2D eigenvalue weighted by atomic mass is 9.83. The summed E-state index contributed by atoms with van der Waals surface area (Å²) >= 11 is 0. The lowest BCUT2D eigenvalue weighted by molar-refractivity contribution is -0.151. The summed E-state index contributed by atoms with van der Waals surface area (Å²) in [7, 11) is 0. The van der Waals surface area contributed by atoms with Gasteiger partial charge in [-0.3, -0.25) is 4.79 Å². The molecule has 1 fully saturated rings. The van der Waals surface area contributed by atoms with Crippen LogP contribution in [-0.4, -0.2) is 35.0 Å². The molecule has 0 aromatic heterocycles. The summed E-state index contributed by atoms with van der Waals surface area (Å²) in [6, 6.07) is 0. The van der Waals surface area contributed by atoms with Gasteiger partial charge in [-0.05, 0) is 19.8 Å². The maximum atomic E-state index is 10.7. The molecule has 0 aromatic carbocycles. The normalized spacial score (nSPS) is 32.2. The van der Waals surface area contributed by atoms with Crippen molar-refractivity contribution in [1.29, 1.82) is 0 Å². The molecule has 4 nitrogen and oxygen atoms in total. The summed E-state index contributed by atoms with van der Waals surface area (Å²) in [5, 5.41) is 18.8. The lowest BCUT2D eigenvalue weighted by Gasteiger charge is -2.29. The fourth-order valence-electron chi connectivity index (χ4n) is 1.62. The highest BCUT2D eigenvalue weighted by Gasteiger charge is 2.38. The van der Waals surface area contributed by atoms with Crippen molar-refractivity contribution in [1.82, 2.24) is 0 Å². The van der Waals surface area contributed by atoms with Crippen molar-refractivity contribution in [2.24, 2.45) is 5.92 Å². The number of carboxylic acids is 1. The van der Waals surface area contributed by atoms with E-state index in [9.17, 15) is 9.90 Å². The molecule has 0 spiro atoms. The van der Waals surface area contributed by atoms with E-state index in [2.05, 4.69) is 0 Å². The van der Waals surface area contributed by atoms with Gasteiger partial charge in [0.15, 0.2) is 0 Å². The molecule has 2 unspecified atom stereocenters. The van der Waals surface area contributed by atoms with Crippen LogP contribution in [0.4, 0.5) is 0 Å². The van der Waals surface area contributed by atoms with E-state index in [1.54, 1.807) is 6.92 Å². The van der Waals surface area contributed by atoms with Crippen LogP contribution < -0.4 is 0 Å². The second-order valence-electron chi connectivity index (χ2n) is 3.63. The van der Waals surface area contributed by atoms with Crippen molar-refractivity contribution in [2.45, 2.75) is 31.8 Å². The predicted molar refractivity (Wildman–Crippen MR) is 46.4 cm³/mol. The van der Waals surface area contributed by atoms with Crippen LogP contribution in [-0.2, 0) is 9.53 Å². The third kappa shape index (κ3) is 2.42. The first kappa shape index (κ1) is 10.5. The van der Waals surface area contributed by atoms with Crippen LogP contribution in [0.25, 0.3) is 0 Å². The van der Waals surface area contributed by atoms with E-state index in [0.29, 0.717) is 26.1 Å². The van der Waals surface area contributed by atoms with Crippen molar-refractivity contribution < 1.29 is 19.7 Å². The van der Waals surface area contributed by atoms with E-state index < -0.39 is 17.5 Å². The molecular formula is C9H16O4. The van der Waals surface area contributed by atoms with Crippen molar-refractivity contribution in [3.05, 3.63) is 0 Å². The van der Waals surface area contributed by atoms with Gasteiger partial charge < -0.3 is 14.9 Å². The molecule has 0 aromatic rings. The van der Waals surface area contributed by atoms with E-state index in [0.717, 1.165) is 6.42 Å². The maximum Gasteiger partial charge on any atom is 0.309 e. The number of carboxylic acid groups (broad SMARTS) is 1. The quantitative estimate of drug-likeness (QED) is 0.667. The zero-order chi connectivity index (χ0) is 9.90. The average Bonchev–Trinajstić information content (AvgIpc) is 2.29. The Morgan fingerprint density at radius 1 is 1.46 bits per heavy atom. The van der Waals surface area contributed by atoms with Crippen LogP contribution >= 0.6 is 0 Å². The second kappa shape index (κ2) is 4.07. The van der Waals surface area contributed by atoms with Gasteiger partial charge in [-0.15, -0.1) is 0 Å². The Morgan fingerprint density at radius 3 is 2.77 bits per heavy atom. The Morgan fingerprint density at radius 2 is 2.15 bits per heavy atom. The number of carbonyl (C=O) groups is 1. The van der Waals surface area contributed by atoms with E-state index in [1.807, 2.05) is 0 Å². The molecule has 1 rings (SSSR count). The van der Waals surface area contributed by atoms with Gasteiger partial charge in [-0.2, -0.15) is 0 Å². The van der Waals surface area contributed by atoms with E-state index in [4.69, 9.17) is 9.84 Å². The highest BCUT2D eigenvalue weighted by molar-refractivity contribution is 5.71. The zero-order valence-electron chi connectivity index (χ0n) is 7.82. The van der Waals surface area contributed by atoms with Gasteiger partial charge in [-0.25, -0.2) is 0 Å². The minimum atomic E-state index is -1.08. The molecule has 13 heavy (non-hydrogen) atoms. The number of ether oxygens (including phenoxy) is 1. The van der Waals surface area contributed by atoms with E-state index >= 15 is 0 Å². The van der Waals surface area contributed by atoms with Crippen LogP contribution in [0.3, 0.4) is 0 Å². The monoisotopic (exact) mass is 188 g/mol. The molecule has 1 aliphatic rings. The smallest absolute Gasteiger partial charge is 0.309 e. The van der Waals surface area contributed by atoms with Crippen LogP contribution in [0.15, 0.2) is 0 Å². The summed E-state index contributed by atoms with van der Waals surface area (Å²) in [4.78, 5) is 10.7. The highest BCUT2D eigenvalue weighted by atomic mass is 16.5. The fourth-order valence-corrected chi connectivity index (χ4v) is 1.62. The van der Waals surface area contributed by atoms with Crippen LogP contribution in [0.5, 0.6) is 0 Å². The molecule has 1 heterocycles. The molecule has 1 saturated heterocycles. The molecular weight excluding hydrogens is 172 g/mol. The Bertz CT molecular complexity index is 182. The number of rotatable bonds is 2. The fraction of sp³-hybridized carbons (Fsp3) is 0.889. The zero-order valence-corrected chi connectivity index (χ0v) is 7.82. The molecule has 0 bridgehead atoms. The van der Waals surface area contributed by atoms with Crippen molar-refractivity contribution in [3.63, 3.8) is 0 Å². The lowest BCUT2D eigenvalue weighted by Crippen LogP contribution is -2.41. The molecule has 0 aliphatic carbocycles. The molecule has 0 saturated carbocycles. The van der Waals surface area contributed by atoms with Gasteiger partial charge in [0.1, 0.15) is 0 Å². The molecule has 0 amide bonds. The first-order valence-electron chi connectivity index (χ1n) is 4.59. The second-order valence-corrected chi connectivity index (χ2v) is 3.63. The van der Waals surface area contributed by atoms with Crippen LogP contribution in [0.2, 0.25) is 0 Å². The van der Waals surface area contributed by atoms with Gasteiger partial charge in [0.25, 0.3) is 0 Å². The summed E-state index contributed by atoms with van der Waals surface area (Å²) in [5.41, 5.74) is -1.08. The molecule has 4 heteroatoms. The standard InChI is InChI=1S/C9H16O4/c1-7(8(10)11)9(12)3-2-5-13-6-4-9/h7,12H,2-6H2,1H3,(H,10,11). The number of aliphatic hydroxyl groups is 1. The molecule has 76 valence electrons. The summed E-state index contributed by atoms with van der Waals surface area (Å²) in [6.45, 7) is 2.62. The van der Waals surface area contributed by atoms with Gasteiger partial charge >= 0.3 is 5.97 Å². The Balaban J connectivity index is 2.65. The number of hydrogen-bond acceptors (Lipinski definition) is 3. The SMILES string of the molecule is CC(C(=O)O)C1(O)CCCOCC1. The topological polar surface area (TPSA) is 66.8 Å². The third-order valence-electron chi connectivity index (χ3n) is 2.75. The largest absolute Gasteiger partial charge is 0.481 e. The molecule has 2 N–H and O–H groups in total. The third-order valence-corrected chi connectivity index (χ3v) is 2.75. The van der Waals surface area contributed by atoms with Crippen LogP contribution in [0, 0.1) is 5.92 Å². The van der Waals surface area contributed by atoms with Crippen molar-refractivity contribution >= 4 is 5.97 Å². The summed E-state index contributed by atoms with van der Waals surface area (Å²) in [5.74, 6) is -1.65. The van der Waals surface area contributed by atoms with Crippen LogP contribution in [0.1, 0.15) is 26.2 Å². The summed E-state index contributed by atoms with van der Waals surface area (Å²) < 4.78 is 5.17. The van der Waals surface area contributed by atoms with Gasteiger partial charge in [0, 0.05) is 19.6 Å². The highest BCUT2D eigenvalue weighted by Crippen LogP contribution is 2.29. The van der Waals surface area contributed by atoms with Gasteiger partial charge in [-0.1, -0.05) is 0 Å². The number of hydrogen-bond donors (Lipinski definition) is 2. The first-order valence-corrected chi connectivity index (χ1v) is 4.59. The Hall–Kier alpha value is -0.610. The first-order chi connectivity index (χ1) is 6.06. The predicted octanol–water partition coefficient (Wildman–Crippen LogP) is 0.639. The van der Waals surface area contributed by atoms with Crippen molar-refractivity contribution in [2.75, 3.05) is 13.2 Å². The van der Waals surface area contributed by atoms with Crippen molar-refractivity contribution in [3.8, 4) is 0 Å². The Kier molecular flexibility index (Phi) is 3.27. The molecule has 0 radical (unpaired) electrons. The van der Waals surface area contributed by atoms with Gasteiger partial charge in [0.05, 0.1) is 11.5 Å². The Labute approximate surface area is 77.5 Å². The number of aliphatic carboxylic acids is 1. The van der Waals surface area contributed by atoms with E-state index in [-0.39, 0.29) is 0 Å². The molecule has 2 atom stereocenters. The average molecular weight is 188 g/mol. The minimum Gasteiger partial charge on any atom is -0.481 e. The van der Waals surface area contributed by atoms with Gasteiger partial charge in [0.2, 0.25) is 0 Å². The van der Waals surface area contributed by atoms with E-state index in [1.165, 1.54) is 0 Å². The molecule has 1 aliphatic heterocycles.